The summed E-state index contributed by atoms with van der Waals surface area (Å²) in [5.74, 6) is -1.58. The summed E-state index contributed by atoms with van der Waals surface area (Å²) in [6.45, 7) is 1.53. The summed E-state index contributed by atoms with van der Waals surface area (Å²) in [5, 5.41) is 8.28. The van der Waals surface area contributed by atoms with Crippen molar-refractivity contribution in [1.82, 2.24) is 19.7 Å². The zero-order valence-electron chi connectivity index (χ0n) is 13.6. The smallest absolute Gasteiger partial charge is 0.266 e. The first-order chi connectivity index (χ1) is 12.7. The maximum absolute atomic E-state index is 13.0. The zero-order valence-corrected chi connectivity index (χ0v) is 16.0. The van der Waals surface area contributed by atoms with Crippen LogP contribution in [0, 0.1) is 12.7 Å². The molecule has 0 radical (unpaired) electrons. The van der Waals surface area contributed by atoms with Gasteiger partial charge in [-0.3, -0.25) is 4.79 Å². The molecule has 0 saturated heterocycles. The number of carbonyl (C=O) groups is 1. The highest BCUT2D eigenvalue weighted by molar-refractivity contribution is 7.90. The van der Waals surface area contributed by atoms with E-state index in [0.717, 1.165) is 24.3 Å². The molecule has 0 aliphatic carbocycles. The summed E-state index contributed by atoms with van der Waals surface area (Å²) in [5.41, 5.74) is 0.490. The van der Waals surface area contributed by atoms with Crippen LogP contribution in [0.15, 0.2) is 47.4 Å². The molecule has 1 amide bonds. The highest BCUT2D eigenvalue weighted by Gasteiger charge is 2.24. The molecule has 1 N–H and O–H groups in total. The maximum Gasteiger partial charge on any atom is 0.287 e. The molecule has 0 aliphatic heterocycles. The highest BCUT2D eigenvalue weighted by Crippen LogP contribution is 2.25. The minimum atomic E-state index is -4.20. The summed E-state index contributed by atoms with van der Waals surface area (Å²) in [7, 11) is -4.20. The minimum Gasteiger partial charge on any atom is -0.266 e. The molecule has 0 saturated carbocycles. The van der Waals surface area contributed by atoms with Crippen molar-refractivity contribution in [2.24, 2.45) is 0 Å². The molecule has 27 heavy (non-hydrogen) atoms. The molecule has 0 atom stereocenters. The summed E-state index contributed by atoms with van der Waals surface area (Å²) in [6, 6.07) is 8.71. The Kier molecular flexibility index (Phi) is 5.18. The lowest BCUT2D eigenvalue weighted by atomic mass is 10.3. The fourth-order valence-electron chi connectivity index (χ4n) is 2.26. The lowest BCUT2D eigenvalue weighted by Gasteiger charge is -2.07. The van der Waals surface area contributed by atoms with Crippen LogP contribution in [0.4, 0.5) is 4.39 Å². The van der Waals surface area contributed by atoms with Gasteiger partial charge in [0.15, 0.2) is 5.69 Å². The van der Waals surface area contributed by atoms with Crippen LogP contribution in [-0.4, -0.2) is 29.3 Å². The monoisotopic (exact) mass is 428 g/mol. The van der Waals surface area contributed by atoms with Gasteiger partial charge in [0, 0.05) is 5.02 Å². The Morgan fingerprint density at radius 1 is 1.15 bits per heavy atom. The molecule has 0 spiro atoms. The molecule has 3 rings (SSSR count). The Hall–Kier alpha value is -2.49. The number of halogens is 3. The third-order valence-corrected chi connectivity index (χ3v) is 5.48. The number of hydrogen-bond acceptors (Lipinski definition) is 5. The van der Waals surface area contributed by atoms with Crippen molar-refractivity contribution in [3.05, 3.63) is 69.7 Å². The lowest BCUT2D eigenvalue weighted by Crippen LogP contribution is -2.31. The normalized spacial score (nSPS) is 11.4. The van der Waals surface area contributed by atoms with Gasteiger partial charge in [0.25, 0.3) is 15.9 Å². The van der Waals surface area contributed by atoms with E-state index in [2.05, 4.69) is 10.3 Å². The summed E-state index contributed by atoms with van der Waals surface area (Å²) < 4.78 is 40.6. The number of carbonyl (C=O) groups excluding carboxylic acids is 1. The molecular formula is C16H11Cl2FN4O3S. The number of amides is 1. The number of nitrogens with one attached hydrogen (secondary N) is 1. The fourth-order valence-corrected chi connectivity index (χ4v) is 3.71. The van der Waals surface area contributed by atoms with Crippen LogP contribution in [0.5, 0.6) is 0 Å². The molecule has 0 aliphatic rings. The second-order valence-corrected chi connectivity index (χ2v) is 7.95. The van der Waals surface area contributed by atoms with Crippen molar-refractivity contribution in [3.63, 3.8) is 0 Å². The Morgan fingerprint density at radius 3 is 2.44 bits per heavy atom. The van der Waals surface area contributed by atoms with Gasteiger partial charge in [0.2, 0.25) is 0 Å². The van der Waals surface area contributed by atoms with Crippen molar-refractivity contribution in [2.45, 2.75) is 11.8 Å². The molecule has 7 nitrogen and oxygen atoms in total. The van der Waals surface area contributed by atoms with Gasteiger partial charge in [-0.1, -0.05) is 28.4 Å². The predicted octanol–water partition coefficient (Wildman–Crippen LogP) is 3.14. The molecule has 0 unspecified atom stereocenters. The molecular weight excluding hydrogens is 418 g/mol. The largest absolute Gasteiger partial charge is 0.287 e. The van der Waals surface area contributed by atoms with Crippen molar-refractivity contribution >= 4 is 39.1 Å². The van der Waals surface area contributed by atoms with E-state index < -0.39 is 21.7 Å². The summed E-state index contributed by atoms with van der Waals surface area (Å²) in [6.07, 6.45) is 0. The second kappa shape index (κ2) is 7.26. The quantitative estimate of drug-likeness (QED) is 0.688. The van der Waals surface area contributed by atoms with Crippen molar-refractivity contribution in [3.8, 4) is 5.69 Å². The third kappa shape index (κ3) is 3.95. The average molecular weight is 429 g/mol. The van der Waals surface area contributed by atoms with Crippen molar-refractivity contribution in [1.29, 1.82) is 0 Å². The van der Waals surface area contributed by atoms with Gasteiger partial charge in [-0.2, -0.15) is 0 Å². The molecule has 2 aromatic carbocycles. The van der Waals surface area contributed by atoms with E-state index >= 15 is 0 Å². The maximum atomic E-state index is 13.0. The first-order valence-electron chi connectivity index (χ1n) is 7.39. The number of benzene rings is 2. The number of rotatable bonds is 4. The van der Waals surface area contributed by atoms with E-state index in [1.807, 2.05) is 4.72 Å². The average Bonchev–Trinajstić information content (AvgIpc) is 2.96. The van der Waals surface area contributed by atoms with Gasteiger partial charge in [-0.15, -0.1) is 5.10 Å². The molecule has 0 fully saturated rings. The molecule has 140 valence electrons. The molecule has 1 heterocycles. The van der Waals surface area contributed by atoms with Gasteiger partial charge in [-0.25, -0.2) is 22.2 Å². The van der Waals surface area contributed by atoms with Gasteiger partial charge in [-0.05, 0) is 49.4 Å². The lowest BCUT2D eigenvalue weighted by molar-refractivity contribution is 0.0976. The van der Waals surface area contributed by atoms with Crippen LogP contribution in [0.25, 0.3) is 5.69 Å². The number of sulfonamides is 1. The van der Waals surface area contributed by atoms with E-state index in [-0.39, 0.29) is 21.3 Å². The number of hydrogen-bond donors (Lipinski definition) is 1. The second-order valence-electron chi connectivity index (χ2n) is 5.42. The summed E-state index contributed by atoms with van der Waals surface area (Å²) >= 11 is 12.0. The van der Waals surface area contributed by atoms with Crippen LogP contribution in [-0.2, 0) is 10.0 Å². The van der Waals surface area contributed by atoms with Crippen LogP contribution >= 0.6 is 23.2 Å². The molecule has 3 aromatic rings. The van der Waals surface area contributed by atoms with E-state index in [1.54, 1.807) is 12.1 Å². The third-order valence-electron chi connectivity index (χ3n) is 3.60. The van der Waals surface area contributed by atoms with E-state index in [4.69, 9.17) is 23.2 Å². The van der Waals surface area contributed by atoms with Crippen LogP contribution < -0.4 is 4.72 Å². The fraction of sp³-hybridized carbons (Fsp3) is 0.0625. The molecule has 0 bridgehead atoms. The van der Waals surface area contributed by atoms with Gasteiger partial charge < -0.3 is 0 Å². The topological polar surface area (TPSA) is 93.9 Å². The SMILES string of the molecule is Cc1c(C(=O)NS(=O)(=O)c2ccc(F)cc2)nnn1-c1ccc(Cl)cc1Cl. The molecule has 11 heteroatoms. The van der Waals surface area contributed by atoms with Crippen LogP contribution in [0.3, 0.4) is 0 Å². The number of aromatic nitrogens is 3. The van der Waals surface area contributed by atoms with Crippen molar-refractivity contribution in [2.75, 3.05) is 0 Å². The van der Waals surface area contributed by atoms with Crippen LogP contribution in [0.1, 0.15) is 16.2 Å². The van der Waals surface area contributed by atoms with E-state index in [0.29, 0.717) is 10.7 Å². The standard InChI is InChI=1S/C16H11Cl2FN4O3S/c1-9-15(20-22-23(9)14-7-2-10(17)8-13(14)18)16(24)21-27(25,26)12-5-3-11(19)4-6-12/h2-8H,1H3,(H,21,24). The Balaban J connectivity index is 1.90. The van der Waals surface area contributed by atoms with E-state index in [1.165, 1.54) is 17.7 Å². The minimum absolute atomic E-state index is 0.202. The predicted molar refractivity (Wildman–Crippen MR) is 97.2 cm³/mol. The Labute approximate surface area is 163 Å². The highest BCUT2D eigenvalue weighted by atomic mass is 35.5. The Bertz CT molecular complexity index is 1130. The van der Waals surface area contributed by atoms with Crippen molar-refractivity contribution < 1.29 is 17.6 Å². The van der Waals surface area contributed by atoms with Crippen LogP contribution in [0.2, 0.25) is 10.0 Å². The Morgan fingerprint density at radius 2 is 1.81 bits per heavy atom. The zero-order chi connectivity index (χ0) is 19.8. The molecule has 1 aromatic heterocycles. The van der Waals surface area contributed by atoms with E-state index in [9.17, 15) is 17.6 Å². The first-order valence-corrected chi connectivity index (χ1v) is 9.63. The summed E-state index contributed by atoms with van der Waals surface area (Å²) in [4.78, 5) is 12.1. The number of nitrogens with zero attached hydrogens (tertiary/aromatic N) is 3. The van der Waals surface area contributed by atoms with Gasteiger partial charge in [0.1, 0.15) is 5.82 Å². The first kappa shape index (κ1) is 19.3. The van der Waals surface area contributed by atoms with Gasteiger partial charge >= 0.3 is 0 Å². The van der Waals surface area contributed by atoms with Gasteiger partial charge in [0.05, 0.1) is 21.3 Å².